The van der Waals surface area contributed by atoms with Crippen LogP contribution in [0.5, 0.6) is 0 Å². The van der Waals surface area contributed by atoms with E-state index >= 15 is 0 Å². The fourth-order valence-corrected chi connectivity index (χ4v) is 3.11. The van der Waals surface area contributed by atoms with Gasteiger partial charge in [0.1, 0.15) is 0 Å². The van der Waals surface area contributed by atoms with Crippen molar-refractivity contribution in [2.75, 3.05) is 0 Å². The smallest absolute Gasteiger partial charge is 0.267 e. The van der Waals surface area contributed by atoms with Crippen molar-refractivity contribution in [3.05, 3.63) is 88.6 Å². The topological polar surface area (TPSA) is 94.2 Å². The molecule has 0 fully saturated rings. The highest BCUT2D eigenvalue weighted by Crippen LogP contribution is 2.13. The lowest BCUT2D eigenvalue weighted by atomic mass is 10.1. The SMILES string of the molecule is CCCn1nc(C(=O)N/N=C\c2cnn(-c3ccccc3)c2)c2ccccc2c1=O. The standard InChI is InChI=1S/C22H20N6O2/c1-2-12-27-22(30)19-11-7-6-10-18(19)20(26-27)21(29)25-23-13-16-14-24-28(15-16)17-8-4-3-5-9-17/h3-11,13-15H,2,12H2,1H3,(H,25,29)/b23-13-. The van der Waals surface area contributed by atoms with Gasteiger partial charge in [-0.2, -0.15) is 15.3 Å². The Bertz CT molecular complexity index is 1270. The first kappa shape index (κ1) is 19.3. The van der Waals surface area contributed by atoms with E-state index in [4.69, 9.17) is 0 Å². The van der Waals surface area contributed by atoms with Gasteiger partial charge in [0, 0.05) is 23.7 Å². The Balaban J connectivity index is 1.56. The van der Waals surface area contributed by atoms with Crippen molar-refractivity contribution >= 4 is 22.9 Å². The van der Waals surface area contributed by atoms with E-state index in [0.29, 0.717) is 17.3 Å². The van der Waals surface area contributed by atoms with E-state index in [1.807, 2.05) is 37.3 Å². The second-order valence-electron chi connectivity index (χ2n) is 6.68. The van der Waals surface area contributed by atoms with Crippen LogP contribution in [-0.4, -0.2) is 31.7 Å². The predicted molar refractivity (Wildman–Crippen MR) is 115 cm³/mol. The van der Waals surface area contributed by atoms with Gasteiger partial charge in [-0.25, -0.2) is 14.8 Å². The summed E-state index contributed by atoms with van der Waals surface area (Å²) in [6.45, 7) is 2.38. The molecule has 1 N–H and O–H groups in total. The fraction of sp³-hybridized carbons (Fsp3) is 0.136. The number of rotatable bonds is 6. The van der Waals surface area contributed by atoms with Gasteiger partial charge in [0.2, 0.25) is 0 Å². The second-order valence-corrected chi connectivity index (χ2v) is 6.68. The molecular weight excluding hydrogens is 380 g/mol. The third kappa shape index (κ3) is 3.88. The van der Waals surface area contributed by atoms with Gasteiger partial charge in [-0.15, -0.1) is 0 Å². The van der Waals surface area contributed by atoms with Crippen LogP contribution in [0.25, 0.3) is 16.5 Å². The average Bonchev–Trinajstić information content (AvgIpc) is 3.25. The summed E-state index contributed by atoms with van der Waals surface area (Å²) in [5, 5.41) is 13.5. The number of aromatic nitrogens is 4. The van der Waals surface area contributed by atoms with Gasteiger partial charge in [-0.05, 0) is 24.6 Å². The monoisotopic (exact) mass is 400 g/mol. The third-order valence-corrected chi connectivity index (χ3v) is 4.52. The molecule has 0 aliphatic carbocycles. The number of nitrogens with zero attached hydrogens (tertiary/aromatic N) is 5. The number of amides is 1. The Kier molecular flexibility index (Phi) is 5.47. The maximum absolute atomic E-state index is 12.7. The van der Waals surface area contributed by atoms with Gasteiger partial charge in [-0.1, -0.05) is 43.3 Å². The fourth-order valence-electron chi connectivity index (χ4n) is 3.11. The number of hydrogen-bond donors (Lipinski definition) is 1. The van der Waals surface area contributed by atoms with Crippen LogP contribution >= 0.6 is 0 Å². The Morgan fingerprint density at radius 2 is 1.83 bits per heavy atom. The molecule has 0 unspecified atom stereocenters. The zero-order valence-electron chi connectivity index (χ0n) is 16.4. The van der Waals surface area contributed by atoms with Crippen molar-refractivity contribution in [1.82, 2.24) is 25.0 Å². The van der Waals surface area contributed by atoms with E-state index in [1.165, 1.54) is 10.9 Å². The Morgan fingerprint density at radius 3 is 2.60 bits per heavy atom. The van der Waals surface area contributed by atoms with Crippen LogP contribution in [-0.2, 0) is 6.54 Å². The highest BCUT2D eigenvalue weighted by molar-refractivity contribution is 6.04. The minimum Gasteiger partial charge on any atom is -0.267 e. The van der Waals surface area contributed by atoms with E-state index in [0.717, 1.165) is 17.7 Å². The van der Waals surface area contributed by atoms with Crippen LogP contribution in [0.3, 0.4) is 0 Å². The van der Waals surface area contributed by atoms with E-state index in [1.54, 1.807) is 41.3 Å². The van der Waals surface area contributed by atoms with Crippen LogP contribution in [0, 0.1) is 0 Å². The molecule has 4 rings (SSSR count). The predicted octanol–water partition coefficient (Wildman–Crippen LogP) is 2.76. The lowest BCUT2D eigenvalue weighted by Crippen LogP contribution is -2.29. The number of aryl methyl sites for hydroxylation is 1. The van der Waals surface area contributed by atoms with Gasteiger partial charge < -0.3 is 0 Å². The lowest BCUT2D eigenvalue weighted by Gasteiger charge is -2.09. The summed E-state index contributed by atoms with van der Waals surface area (Å²) in [6, 6.07) is 16.6. The summed E-state index contributed by atoms with van der Waals surface area (Å²) < 4.78 is 3.05. The molecule has 0 atom stereocenters. The van der Waals surface area contributed by atoms with E-state index in [9.17, 15) is 9.59 Å². The maximum atomic E-state index is 12.7. The molecule has 8 nitrogen and oxygen atoms in total. The maximum Gasteiger partial charge on any atom is 0.292 e. The van der Waals surface area contributed by atoms with E-state index < -0.39 is 5.91 Å². The molecule has 0 bridgehead atoms. The van der Waals surface area contributed by atoms with Crippen molar-refractivity contribution in [3.63, 3.8) is 0 Å². The number of hydrazone groups is 1. The largest absolute Gasteiger partial charge is 0.292 e. The summed E-state index contributed by atoms with van der Waals surface area (Å²) in [5.74, 6) is -0.484. The Hall–Kier alpha value is -4.07. The molecule has 0 saturated carbocycles. The molecule has 0 saturated heterocycles. The molecule has 2 aromatic heterocycles. The highest BCUT2D eigenvalue weighted by atomic mass is 16.2. The van der Waals surface area contributed by atoms with Crippen LogP contribution < -0.4 is 11.0 Å². The first-order valence-corrected chi connectivity index (χ1v) is 9.60. The van der Waals surface area contributed by atoms with E-state index in [2.05, 4.69) is 20.7 Å². The summed E-state index contributed by atoms with van der Waals surface area (Å²) in [5.41, 5.74) is 4.10. The van der Waals surface area contributed by atoms with Gasteiger partial charge >= 0.3 is 0 Å². The normalized spacial score (nSPS) is 11.2. The van der Waals surface area contributed by atoms with Crippen LogP contribution in [0.1, 0.15) is 29.4 Å². The summed E-state index contributed by atoms with van der Waals surface area (Å²) >= 11 is 0. The van der Waals surface area contributed by atoms with Gasteiger partial charge in [0.15, 0.2) is 5.69 Å². The quantitative estimate of drug-likeness (QED) is 0.398. The van der Waals surface area contributed by atoms with Gasteiger partial charge in [0.25, 0.3) is 11.5 Å². The lowest BCUT2D eigenvalue weighted by molar-refractivity contribution is 0.0949. The minimum absolute atomic E-state index is 0.163. The van der Waals surface area contributed by atoms with Crippen molar-refractivity contribution in [2.24, 2.45) is 5.10 Å². The Morgan fingerprint density at radius 1 is 1.10 bits per heavy atom. The van der Waals surface area contributed by atoms with Crippen LogP contribution in [0.2, 0.25) is 0 Å². The third-order valence-electron chi connectivity index (χ3n) is 4.52. The average molecular weight is 400 g/mol. The summed E-state index contributed by atoms with van der Waals surface area (Å²) in [7, 11) is 0. The number of carbonyl (C=O) groups excluding carboxylic acids is 1. The molecule has 1 amide bonds. The molecule has 2 heterocycles. The molecule has 8 heteroatoms. The number of hydrogen-bond acceptors (Lipinski definition) is 5. The second kappa shape index (κ2) is 8.52. The number of nitrogens with one attached hydrogen (secondary N) is 1. The van der Waals surface area contributed by atoms with Crippen molar-refractivity contribution in [1.29, 1.82) is 0 Å². The van der Waals surface area contributed by atoms with Crippen molar-refractivity contribution < 1.29 is 4.79 Å². The van der Waals surface area contributed by atoms with Crippen molar-refractivity contribution in [2.45, 2.75) is 19.9 Å². The zero-order valence-corrected chi connectivity index (χ0v) is 16.4. The number of carbonyl (C=O) groups is 1. The number of benzene rings is 2. The molecule has 0 radical (unpaired) electrons. The summed E-state index contributed by atoms with van der Waals surface area (Å²) in [4.78, 5) is 25.3. The molecule has 2 aromatic carbocycles. The zero-order chi connectivity index (χ0) is 20.9. The van der Waals surface area contributed by atoms with Crippen molar-refractivity contribution in [3.8, 4) is 5.69 Å². The number of para-hydroxylation sites is 1. The highest BCUT2D eigenvalue weighted by Gasteiger charge is 2.16. The minimum atomic E-state index is -0.484. The molecule has 4 aromatic rings. The molecule has 0 aliphatic rings. The molecule has 30 heavy (non-hydrogen) atoms. The number of fused-ring (bicyclic) bond motifs is 1. The molecule has 0 spiro atoms. The van der Waals surface area contributed by atoms with Crippen LogP contribution in [0.15, 0.2) is 76.9 Å². The van der Waals surface area contributed by atoms with E-state index in [-0.39, 0.29) is 11.3 Å². The Labute approximate surface area is 172 Å². The summed E-state index contributed by atoms with van der Waals surface area (Å²) in [6.07, 6.45) is 5.70. The first-order valence-electron chi connectivity index (χ1n) is 9.60. The van der Waals surface area contributed by atoms with Crippen LogP contribution in [0.4, 0.5) is 0 Å². The van der Waals surface area contributed by atoms with Gasteiger partial charge in [-0.3, -0.25) is 9.59 Å². The molecular formula is C22H20N6O2. The first-order chi connectivity index (χ1) is 14.7. The van der Waals surface area contributed by atoms with Gasteiger partial charge in [0.05, 0.1) is 23.5 Å². The molecule has 150 valence electrons. The molecule has 0 aliphatic heterocycles.